The van der Waals surface area contributed by atoms with Gasteiger partial charge in [0.15, 0.2) is 0 Å². The molecule has 4 heterocycles. The molecule has 8 heteroatoms. The van der Waals surface area contributed by atoms with E-state index < -0.39 is 0 Å². The largest absolute Gasteiger partial charge is 0.381 e. The Balaban J connectivity index is 1.39. The first kappa shape index (κ1) is 16.5. The molecule has 0 saturated carbocycles. The third-order valence-corrected chi connectivity index (χ3v) is 5.38. The Morgan fingerprint density at radius 2 is 2.12 bits per heavy atom. The zero-order valence-electron chi connectivity index (χ0n) is 14.2. The van der Waals surface area contributed by atoms with Crippen LogP contribution in [0.25, 0.3) is 0 Å². The van der Waals surface area contributed by atoms with E-state index in [1.807, 2.05) is 20.6 Å². The summed E-state index contributed by atoms with van der Waals surface area (Å²) < 4.78 is 13.1. The number of hydrogen-bond donors (Lipinski definition) is 0. The second-order valence-corrected chi connectivity index (χ2v) is 6.91. The van der Waals surface area contributed by atoms with E-state index in [9.17, 15) is 9.59 Å². The number of morpholine rings is 1. The highest BCUT2D eigenvalue weighted by Gasteiger charge is 2.46. The Morgan fingerprint density at radius 3 is 2.88 bits per heavy atom. The minimum Gasteiger partial charge on any atom is -0.381 e. The highest BCUT2D eigenvalue weighted by atomic mass is 16.5. The van der Waals surface area contributed by atoms with Crippen LogP contribution in [0.15, 0.2) is 18.7 Å². The van der Waals surface area contributed by atoms with Gasteiger partial charge >= 0.3 is 0 Å². The molecule has 0 radical (unpaired) electrons. The van der Waals surface area contributed by atoms with E-state index in [1.165, 1.54) is 0 Å². The van der Waals surface area contributed by atoms with Gasteiger partial charge in [0, 0.05) is 57.7 Å². The van der Waals surface area contributed by atoms with Gasteiger partial charge in [-0.25, -0.2) is 4.98 Å². The molecule has 0 aromatic carbocycles. The summed E-state index contributed by atoms with van der Waals surface area (Å²) in [5.41, 5.74) is 0. The lowest BCUT2D eigenvalue weighted by molar-refractivity contribution is -0.159. The van der Waals surface area contributed by atoms with Crippen molar-refractivity contribution >= 4 is 11.8 Å². The molecule has 0 bridgehead atoms. The van der Waals surface area contributed by atoms with Crippen LogP contribution in [0.5, 0.6) is 0 Å². The Hall–Kier alpha value is -1.93. The third-order valence-electron chi connectivity index (χ3n) is 5.38. The third kappa shape index (κ3) is 3.41. The zero-order chi connectivity index (χ0) is 17.2. The lowest BCUT2D eigenvalue weighted by Gasteiger charge is -2.43. The van der Waals surface area contributed by atoms with Gasteiger partial charge in [-0.15, -0.1) is 0 Å². The lowest BCUT2D eigenvalue weighted by atomic mass is 10.0. The molecule has 8 nitrogen and oxygen atoms in total. The van der Waals surface area contributed by atoms with Crippen LogP contribution in [-0.2, 0) is 25.6 Å². The van der Waals surface area contributed by atoms with E-state index in [2.05, 4.69) is 4.98 Å². The zero-order valence-corrected chi connectivity index (χ0v) is 14.2. The van der Waals surface area contributed by atoms with Crippen molar-refractivity contribution in [3.63, 3.8) is 0 Å². The van der Waals surface area contributed by atoms with Gasteiger partial charge in [-0.1, -0.05) is 0 Å². The molecule has 3 fully saturated rings. The molecule has 0 N–H and O–H groups in total. The topological polar surface area (TPSA) is 76.9 Å². The summed E-state index contributed by atoms with van der Waals surface area (Å²) in [6.45, 7) is 3.27. The molecule has 25 heavy (non-hydrogen) atoms. The Bertz CT molecular complexity index is 614. The normalized spacial score (nSPS) is 27.6. The first-order valence-electron chi connectivity index (χ1n) is 8.96. The summed E-state index contributed by atoms with van der Waals surface area (Å²) in [6, 6.07) is 0.181. The van der Waals surface area contributed by atoms with Crippen molar-refractivity contribution in [1.82, 2.24) is 19.4 Å². The minimum absolute atomic E-state index is 0.0263. The maximum absolute atomic E-state index is 12.6. The molecule has 1 aromatic heterocycles. The van der Waals surface area contributed by atoms with Crippen LogP contribution in [0.4, 0.5) is 0 Å². The predicted molar refractivity (Wildman–Crippen MR) is 87.6 cm³/mol. The molecule has 0 spiro atoms. The average molecular weight is 348 g/mol. The highest BCUT2D eigenvalue weighted by molar-refractivity contribution is 5.80. The van der Waals surface area contributed by atoms with Gasteiger partial charge in [0.05, 0.1) is 18.5 Å². The van der Waals surface area contributed by atoms with Gasteiger partial charge in [0.2, 0.25) is 11.8 Å². The monoisotopic (exact) mass is 348 g/mol. The summed E-state index contributed by atoms with van der Waals surface area (Å²) in [4.78, 5) is 32.8. The number of rotatable bonds is 4. The van der Waals surface area contributed by atoms with Crippen LogP contribution in [0.3, 0.4) is 0 Å². The van der Waals surface area contributed by atoms with E-state index in [-0.39, 0.29) is 36.6 Å². The highest BCUT2D eigenvalue weighted by Crippen LogP contribution is 2.29. The van der Waals surface area contributed by atoms with Crippen LogP contribution in [-0.4, -0.2) is 82.3 Å². The molecular weight excluding hydrogens is 324 g/mol. The smallest absolute Gasteiger partial charge is 0.249 e. The molecule has 136 valence electrons. The number of amides is 2. The van der Waals surface area contributed by atoms with Crippen LogP contribution >= 0.6 is 0 Å². The maximum atomic E-state index is 12.6. The molecule has 3 aliphatic rings. The van der Waals surface area contributed by atoms with Gasteiger partial charge < -0.3 is 23.8 Å². The molecule has 3 aliphatic heterocycles. The molecule has 1 aromatic rings. The van der Waals surface area contributed by atoms with Gasteiger partial charge in [0.1, 0.15) is 6.61 Å². The van der Waals surface area contributed by atoms with Crippen molar-refractivity contribution in [1.29, 1.82) is 0 Å². The van der Waals surface area contributed by atoms with Crippen molar-refractivity contribution in [3.8, 4) is 0 Å². The number of hydrogen-bond acceptors (Lipinski definition) is 5. The first-order chi connectivity index (χ1) is 12.2. The fraction of sp³-hybridized carbons (Fsp3) is 0.706. The van der Waals surface area contributed by atoms with E-state index in [0.717, 1.165) is 12.8 Å². The summed E-state index contributed by atoms with van der Waals surface area (Å²) >= 11 is 0. The number of ether oxygens (including phenoxy) is 2. The quantitative estimate of drug-likeness (QED) is 0.759. The minimum atomic E-state index is -0.0715. The van der Waals surface area contributed by atoms with Gasteiger partial charge in [-0.3, -0.25) is 9.59 Å². The molecule has 2 amide bonds. The number of imidazole rings is 1. The van der Waals surface area contributed by atoms with Crippen molar-refractivity contribution in [2.24, 2.45) is 0 Å². The summed E-state index contributed by atoms with van der Waals surface area (Å²) in [5.74, 6) is 0.145. The van der Waals surface area contributed by atoms with Gasteiger partial charge in [-0.05, 0) is 12.8 Å². The molecule has 2 atom stereocenters. The van der Waals surface area contributed by atoms with E-state index in [4.69, 9.17) is 9.47 Å². The van der Waals surface area contributed by atoms with Crippen LogP contribution in [0.1, 0.15) is 19.3 Å². The van der Waals surface area contributed by atoms with E-state index in [0.29, 0.717) is 39.3 Å². The van der Waals surface area contributed by atoms with Crippen molar-refractivity contribution in [3.05, 3.63) is 18.7 Å². The summed E-state index contributed by atoms with van der Waals surface area (Å²) in [7, 11) is 0. The van der Waals surface area contributed by atoms with Crippen molar-refractivity contribution in [2.45, 2.75) is 44.0 Å². The predicted octanol–water partition coefficient (Wildman–Crippen LogP) is -0.110. The fourth-order valence-electron chi connectivity index (χ4n) is 4.07. The number of fused-ring (bicyclic) bond motifs is 1. The fourth-order valence-corrected chi connectivity index (χ4v) is 4.07. The molecule has 4 rings (SSSR count). The molecule has 3 saturated heterocycles. The molecular formula is C17H24N4O4. The summed E-state index contributed by atoms with van der Waals surface area (Å²) in [6.07, 6.45) is 7.36. The van der Waals surface area contributed by atoms with E-state index >= 15 is 0 Å². The second-order valence-electron chi connectivity index (χ2n) is 6.91. The Kier molecular flexibility index (Phi) is 4.72. The average Bonchev–Trinajstić information content (AvgIpc) is 3.30. The van der Waals surface area contributed by atoms with Crippen molar-refractivity contribution < 1.29 is 19.1 Å². The molecule has 0 aliphatic carbocycles. The number of nitrogens with zero attached hydrogens (tertiary/aromatic N) is 4. The van der Waals surface area contributed by atoms with Crippen molar-refractivity contribution in [2.75, 3.05) is 32.9 Å². The van der Waals surface area contributed by atoms with Crippen LogP contribution < -0.4 is 0 Å². The Labute approximate surface area is 146 Å². The lowest BCUT2D eigenvalue weighted by Crippen LogP contribution is -2.58. The van der Waals surface area contributed by atoms with Gasteiger partial charge in [-0.2, -0.15) is 0 Å². The number of aryl methyl sites for hydroxylation is 1. The maximum Gasteiger partial charge on any atom is 0.249 e. The SMILES string of the molecule is O=C(CCn1ccnc1)N1C[C@@H]2OCC(=O)N(C3CCOCC3)[C@H]2C1. The van der Waals surface area contributed by atoms with E-state index in [1.54, 1.807) is 12.5 Å². The second kappa shape index (κ2) is 7.13. The number of likely N-dealkylation sites (tertiary alicyclic amines) is 1. The summed E-state index contributed by atoms with van der Waals surface area (Å²) in [5, 5.41) is 0. The van der Waals surface area contributed by atoms with Crippen LogP contribution in [0.2, 0.25) is 0 Å². The number of carbonyl (C=O) groups is 2. The number of aromatic nitrogens is 2. The standard InChI is InChI=1S/C17H24N4O4/c22-16(1-5-19-6-4-18-12-19)20-9-14-15(10-20)25-11-17(23)21(14)13-2-7-24-8-3-13/h4,6,12-15H,1-3,5,7-11H2/t14-,15-/m0/s1. The Morgan fingerprint density at radius 1 is 1.28 bits per heavy atom. The first-order valence-corrected chi connectivity index (χ1v) is 8.96. The van der Waals surface area contributed by atoms with Gasteiger partial charge in [0.25, 0.3) is 0 Å². The molecule has 0 unspecified atom stereocenters. The van der Waals surface area contributed by atoms with Crippen LogP contribution in [0, 0.1) is 0 Å². The number of carbonyl (C=O) groups excluding carboxylic acids is 2.